The predicted molar refractivity (Wildman–Crippen MR) is 129 cm³/mol. The Morgan fingerprint density at radius 1 is 1.09 bits per heavy atom. The molecule has 1 fully saturated rings. The molecule has 1 aromatic carbocycles. The second-order valence-corrected chi connectivity index (χ2v) is 8.89. The summed E-state index contributed by atoms with van der Waals surface area (Å²) in [6, 6.07) is 11.3. The molecule has 4 heterocycles. The summed E-state index contributed by atoms with van der Waals surface area (Å²) >= 11 is 1.45. The first-order valence-electron chi connectivity index (χ1n) is 10.9. The number of carbonyl (C=O) groups is 1. The fourth-order valence-electron chi connectivity index (χ4n) is 4.20. The number of halogens is 3. The number of rotatable bonds is 4. The Balaban J connectivity index is 1.43. The summed E-state index contributed by atoms with van der Waals surface area (Å²) in [5.41, 5.74) is 1.21. The Hall–Kier alpha value is -3.66. The smallest absolute Gasteiger partial charge is 0.433 e. The highest BCUT2D eigenvalue weighted by Crippen LogP contribution is 2.36. The van der Waals surface area contributed by atoms with E-state index in [-0.39, 0.29) is 11.4 Å². The van der Waals surface area contributed by atoms with Gasteiger partial charge in [0.15, 0.2) is 0 Å². The van der Waals surface area contributed by atoms with Crippen molar-refractivity contribution in [2.45, 2.75) is 6.18 Å². The molecule has 180 valence electrons. The number of thiophene rings is 1. The fraction of sp³-hybridized carbons (Fsp3) is 0.240. The number of methoxy groups -OCH3 is 1. The third-order valence-corrected chi connectivity index (χ3v) is 6.70. The molecule has 6 nitrogen and oxygen atoms in total. The van der Waals surface area contributed by atoms with Crippen LogP contribution in [0.5, 0.6) is 5.75 Å². The molecule has 0 spiro atoms. The van der Waals surface area contributed by atoms with Gasteiger partial charge in [0.05, 0.1) is 12.6 Å². The molecule has 0 aliphatic carbocycles. The molecule has 0 unspecified atom stereocenters. The Morgan fingerprint density at radius 3 is 2.57 bits per heavy atom. The molecule has 10 heteroatoms. The van der Waals surface area contributed by atoms with Crippen LogP contribution in [0, 0.1) is 0 Å². The molecule has 1 aliphatic rings. The van der Waals surface area contributed by atoms with Crippen LogP contribution in [0.1, 0.15) is 16.1 Å². The summed E-state index contributed by atoms with van der Waals surface area (Å²) < 4.78 is 45.5. The zero-order chi connectivity index (χ0) is 24.6. The molecule has 3 aromatic heterocycles. The van der Waals surface area contributed by atoms with Crippen molar-refractivity contribution in [1.82, 2.24) is 14.9 Å². The van der Waals surface area contributed by atoms with Crippen molar-refractivity contribution < 1.29 is 22.7 Å². The molecule has 1 amide bonds. The topological polar surface area (TPSA) is 58.6 Å². The molecule has 0 atom stereocenters. The number of amides is 1. The van der Waals surface area contributed by atoms with Crippen molar-refractivity contribution in [2.75, 3.05) is 38.2 Å². The van der Waals surface area contributed by atoms with Crippen LogP contribution >= 0.6 is 11.3 Å². The van der Waals surface area contributed by atoms with Crippen molar-refractivity contribution in [3.05, 3.63) is 70.7 Å². The Labute approximate surface area is 203 Å². The first-order chi connectivity index (χ1) is 16.8. The number of fused-ring (bicyclic) bond motifs is 1. The lowest BCUT2D eigenvalue weighted by Crippen LogP contribution is -2.49. The Bertz CT molecular complexity index is 1370. The maximum Gasteiger partial charge on any atom is 0.433 e. The molecule has 1 saturated heterocycles. The highest BCUT2D eigenvalue weighted by Gasteiger charge is 2.33. The number of pyridine rings is 2. The first kappa shape index (κ1) is 23.1. The van der Waals surface area contributed by atoms with Gasteiger partial charge in [0.1, 0.15) is 17.3 Å². The quantitative estimate of drug-likeness (QED) is 0.380. The fourth-order valence-corrected chi connectivity index (χ4v) is 4.86. The van der Waals surface area contributed by atoms with E-state index < -0.39 is 11.9 Å². The average molecular weight is 499 g/mol. The second kappa shape index (κ2) is 9.18. The predicted octanol–water partition coefficient (Wildman–Crippen LogP) is 5.35. The van der Waals surface area contributed by atoms with Crippen LogP contribution in [0.2, 0.25) is 0 Å². The summed E-state index contributed by atoms with van der Waals surface area (Å²) in [4.78, 5) is 25.3. The van der Waals surface area contributed by atoms with E-state index in [9.17, 15) is 18.0 Å². The van der Waals surface area contributed by atoms with Gasteiger partial charge in [-0.3, -0.25) is 4.79 Å². The van der Waals surface area contributed by atoms with Crippen molar-refractivity contribution in [3.63, 3.8) is 0 Å². The second-order valence-electron chi connectivity index (χ2n) is 8.11. The van der Waals surface area contributed by atoms with Crippen molar-refractivity contribution in [2.24, 2.45) is 0 Å². The first-order valence-corrected chi connectivity index (χ1v) is 11.9. The van der Waals surface area contributed by atoms with Gasteiger partial charge in [0, 0.05) is 48.9 Å². The lowest BCUT2D eigenvalue weighted by Gasteiger charge is -2.36. The van der Waals surface area contributed by atoms with E-state index >= 15 is 0 Å². The minimum Gasteiger partial charge on any atom is -0.497 e. The molecule has 35 heavy (non-hydrogen) atoms. The van der Waals surface area contributed by atoms with Gasteiger partial charge in [-0.2, -0.15) is 24.5 Å². The van der Waals surface area contributed by atoms with Crippen LogP contribution in [0.15, 0.2) is 59.4 Å². The maximum absolute atomic E-state index is 13.4. The van der Waals surface area contributed by atoms with E-state index in [1.54, 1.807) is 42.5 Å². The normalized spacial score (nSPS) is 14.4. The minimum atomic E-state index is -4.55. The van der Waals surface area contributed by atoms with Crippen LogP contribution < -0.4 is 9.64 Å². The molecule has 0 radical (unpaired) electrons. The summed E-state index contributed by atoms with van der Waals surface area (Å²) in [5.74, 6) is 1.08. The lowest BCUT2D eigenvalue weighted by atomic mass is 10.1. The monoisotopic (exact) mass is 498 g/mol. The van der Waals surface area contributed by atoms with E-state index in [1.807, 2.05) is 21.7 Å². The van der Waals surface area contributed by atoms with Crippen LogP contribution in [0.25, 0.3) is 22.0 Å². The number of hydrogen-bond donors (Lipinski definition) is 0. The summed E-state index contributed by atoms with van der Waals surface area (Å²) in [6.45, 7) is 1.91. The van der Waals surface area contributed by atoms with E-state index in [0.717, 1.165) is 11.6 Å². The van der Waals surface area contributed by atoms with E-state index in [4.69, 9.17) is 4.74 Å². The van der Waals surface area contributed by atoms with Gasteiger partial charge < -0.3 is 14.5 Å². The van der Waals surface area contributed by atoms with Crippen LogP contribution in [0.4, 0.5) is 19.0 Å². The van der Waals surface area contributed by atoms with E-state index in [2.05, 4.69) is 9.97 Å². The number of ether oxygens (including phenoxy) is 1. The van der Waals surface area contributed by atoms with Gasteiger partial charge in [-0.15, -0.1) is 0 Å². The highest BCUT2D eigenvalue weighted by atomic mass is 32.1. The zero-order valence-corrected chi connectivity index (χ0v) is 19.6. The Kier molecular flexibility index (Phi) is 6.06. The molecular weight excluding hydrogens is 477 g/mol. The summed E-state index contributed by atoms with van der Waals surface area (Å²) in [6.07, 6.45) is -2.96. The highest BCUT2D eigenvalue weighted by molar-refractivity contribution is 7.08. The van der Waals surface area contributed by atoms with Gasteiger partial charge in [-0.25, -0.2) is 9.97 Å². The number of nitrogens with zero attached hydrogens (tertiary/aromatic N) is 4. The SMILES string of the molecule is COc1cccc(C(=O)N2CCN(c3ncc(-c4ccsc4)c4nc(C(F)(F)F)ccc34)CC2)c1. The van der Waals surface area contributed by atoms with Gasteiger partial charge in [0.2, 0.25) is 0 Å². The van der Waals surface area contributed by atoms with Crippen LogP contribution in [-0.4, -0.2) is 54.1 Å². The van der Waals surface area contributed by atoms with Crippen molar-refractivity contribution >= 4 is 34.0 Å². The van der Waals surface area contributed by atoms with Gasteiger partial charge in [0.25, 0.3) is 5.91 Å². The summed E-state index contributed by atoms with van der Waals surface area (Å²) in [5, 5.41) is 4.27. The third kappa shape index (κ3) is 4.53. The molecule has 0 bridgehead atoms. The molecular formula is C25H21F3N4O2S. The Morgan fingerprint density at radius 2 is 1.89 bits per heavy atom. The number of carbonyl (C=O) groups excluding carboxylic acids is 1. The largest absolute Gasteiger partial charge is 0.497 e. The van der Waals surface area contributed by atoms with Crippen molar-refractivity contribution in [1.29, 1.82) is 0 Å². The average Bonchev–Trinajstić information content (AvgIpc) is 3.42. The molecule has 5 rings (SSSR count). The van der Waals surface area contributed by atoms with E-state index in [1.165, 1.54) is 17.4 Å². The summed E-state index contributed by atoms with van der Waals surface area (Å²) in [7, 11) is 1.55. The number of piperazine rings is 1. The number of anilines is 1. The van der Waals surface area contributed by atoms with Gasteiger partial charge in [-0.05, 0) is 52.7 Å². The molecule has 1 aliphatic heterocycles. The lowest BCUT2D eigenvalue weighted by molar-refractivity contribution is -0.140. The molecule has 0 N–H and O–H groups in total. The van der Waals surface area contributed by atoms with Crippen molar-refractivity contribution in [3.8, 4) is 16.9 Å². The third-order valence-electron chi connectivity index (χ3n) is 6.01. The maximum atomic E-state index is 13.4. The van der Waals surface area contributed by atoms with Crippen LogP contribution in [0.3, 0.4) is 0 Å². The number of alkyl halides is 3. The van der Waals surface area contributed by atoms with Gasteiger partial charge in [-0.1, -0.05) is 6.07 Å². The van der Waals surface area contributed by atoms with E-state index in [0.29, 0.717) is 54.3 Å². The minimum absolute atomic E-state index is 0.0920. The number of benzene rings is 1. The zero-order valence-electron chi connectivity index (χ0n) is 18.7. The molecule has 0 saturated carbocycles. The van der Waals surface area contributed by atoms with Gasteiger partial charge >= 0.3 is 6.18 Å². The number of hydrogen-bond acceptors (Lipinski definition) is 6. The standard InChI is InChI=1S/C25H21F3N4O2S/c1-34-18-4-2-3-16(13-18)24(33)32-10-8-31(9-11-32)23-19-5-6-21(25(26,27)28)30-22(19)20(14-29-23)17-7-12-35-15-17/h2-7,12-15H,8-11H2,1H3. The van der Waals surface area contributed by atoms with Crippen LogP contribution in [-0.2, 0) is 6.18 Å². The number of aromatic nitrogens is 2. The molecule has 4 aromatic rings.